The summed E-state index contributed by atoms with van der Waals surface area (Å²) in [5.41, 5.74) is 4.19. The lowest BCUT2D eigenvalue weighted by molar-refractivity contribution is 0.308. The van der Waals surface area contributed by atoms with Crippen LogP contribution in [-0.2, 0) is 20.0 Å². The first kappa shape index (κ1) is 9.71. The predicted molar refractivity (Wildman–Crippen MR) is 57.3 cm³/mol. The second-order valence-electron chi connectivity index (χ2n) is 4.58. The molecule has 0 saturated carbocycles. The molecule has 0 aliphatic carbocycles. The van der Waals surface area contributed by atoms with Crippen LogP contribution in [-0.4, -0.2) is 28.3 Å². The monoisotopic (exact) mass is 193 g/mol. The Bertz CT molecular complexity index is 339. The molecule has 14 heavy (non-hydrogen) atoms. The SMILES string of the molecule is CC(C)c1nn(C)c2c1CN(C)CC2. The van der Waals surface area contributed by atoms with Crippen molar-refractivity contribution in [2.45, 2.75) is 32.7 Å². The summed E-state index contributed by atoms with van der Waals surface area (Å²) in [6, 6.07) is 0. The van der Waals surface area contributed by atoms with Crippen molar-refractivity contribution in [3.8, 4) is 0 Å². The van der Waals surface area contributed by atoms with E-state index in [4.69, 9.17) is 0 Å². The third kappa shape index (κ3) is 1.46. The number of aryl methyl sites for hydroxylation is 1. The molecule has 0 bridgehead atoms. The first-order chi connectivity index (χ1) is 6.59. The molecule has 3 heteroatoms. The first-order valence-electron chi connectivity index (χ1n) is 5.32. The molecule has 1 aromatic heterocycles. The van der Waals surface area contributed by atoms with Crippen LogP contribution in [0.5, 0.6) is 0 Å². The molecule has 0 N–H and O–H groups in total. The van der Waals surface area contributed by atoms with E-state index in [1.54, 1.807) is 0 Å². The van der Waals surface area contributed by atoms with Gasteiger partial charge in [0.15, 0.2) is 0 Å². The van der Waals surface area contributed by atoms with Crippen molar-refractivity contribution in [2.24, 2.45) is 7.05 Å². The fraction of sp³-hybridized carbons (Fsp3) is 0.727. The molecule has 0 radical (unpaired) electrons. The maximum absolute atomic E-state index is 4.62. The minimum atomic E-state index is 0.538. The molecule has 0 amide bonds. The number of nitrogens with zero attached hydrogens (tertiary/aromatic N) is 3. The summed E-state index contributed by atoms with van der Waals surface area (Å²) in [5, 5.41) is 4.62. The van der Waals surface area contributed by atoms with E-state index in [-0.39, 0.29) is 0 Å². The van der Waals surface area contributed by atoms with Crippen molar-refractivity contribution >= 4 is 0 Å². The van der Waals surface area contributed by atoms with E-state index >= 15 is 0 Å². The lowest BCUT2D eigenvalue weighted by atomic mass is 10.00. The van der Waals surface area contributed by atoms with Gasteiger partial charge in [-0.3, -0.25) is 4.68 Å². The average Bonchev–Trinajstić information content (AvgIpc) is 2.43. The van der Waals surface area contributed by atoms with Crippen LogP contribution in [0.3, 0.4) is 0 Å². The van der Waals surface area contributed by atoms with Crippen molar-refractivity contribution < 1.29 is 0 Å². The second kappa shape index (κ2) is 3.39. The van der Waals surface area contributed by atoms with Crippen LogP contribution in [0.15, 0.2) is 0 Å². The summed E-state index contributed by atoms with van der Waals surface area (Å²) in [7, 11) is 4.25. The molecule has 0 fully saturated rings. The van der Waals surface area contributed by atoms with E-state index < -0.39 is 0 Å². The highest BCUT2D eigenvalue weighted by atomic mass is 15.3. The minimum Gasteiger partial charge on any atom is -0.302 e. The number of hydrogen-bond acceptors (Lipinski definition) is 2. The van der Waals surface area contributed by atoms with Crippen molar-refractivity contribution in [1.29, 1.82) is 0 Å². The zero-order valence-electron chi connectivity index (χ0n) is 9.54. The summed E-state index contributed by atoms with van der Waals surface area (Å²) in [6.07, 6.45) is 1.14. The van der Waals surface area contributed by atoms with E-state index in [0.29, 0.717) is 5.92 Å². The molecule has 1 aliphatic rings. The zero-order chi connectivity index (χ0) is 10.3. The van der Waals surface area contributed by atoms with Crippen LogP contribution in [0, 0.1) is 0 Å². The minimum absolute atomic E-state index is 0.538. The van der Waals surface area contributed by atoms with Crippen molar-refractivity contribution in [3.05, 3.63) is 17.0 Å². The van der Waals surface area contributed by atoms with Crippen LogP contribution >= 0.6 is 0 Å². The van der Waals surface area contributed by atoms with Gasteiger partial charge in [-0.15, -0.1) is 0 Å². The van der Waals surface area contributed by atoms with Gasteiger partial charge in [0.05, 0.1) is 5.69 Å². The van der Waals surface area contributed by atoms with Crippen LogP contribution in [0.2, 0.25) is 0 Å². The largest absolute Gasteiger partial charge is 0.302 e. The highest BCUT2D eigenvalue weighted by molar-refractivity contribution is 5.30. The summed E-state index contributed by atoms with van der Waals surface area (Å²) >= 11 is 0. The molecule has 3 nitrogen and oxygen atoms in total. The van der Waals surface area contributed by atoms with Gasteiger partial charge in [0.25, 0.3) is 0 Å². The fourth-order valence-electron chi connectivity index (χ4n) is 2.22. The first-order valence-corrected chi connectivity index (χ1v) is 5.32. The molecule has 0 atom stereocenters. The molecular formula is C11H19N3. The molecule has 0 spiro atoms. The van der Waals surface area contributed by atoms with Gasteiger partial charge in [-0.1, -0.05) is 13.8 Å². The predicted octanol–water partition coefficient (Wildman–Crippen LogP) is 1.53. The van der Waals surface area contributed by atoms with Gasteiger partial charge in [-0.2, -0.15) is 5.10 Å². The Balaban J connectivity index is 2.45. The Kier molecular flexibility index (Phi) is 2.35. The van der Waals surface area contributed by atoms with Gasteiger partial charge >= 0.3 is 0 Å². The highest BCUT2D eigenvalue weighted by Gasteiger charge is 2.22. The van der Waals surface area contributed by atoms with Crippen LogP contribution in [0.1, 0.15) is 36.7 Å². The molecule has 0 unspecified atom stereocenters. The van der Waals surface area contributed by atoms with Crippen molar-refractivity contribution in [3.63, 3.8) is 0 Å². The van der Waals surface area contributed by atoms with E-state index in [1.165, 1.54) is 17.0 Å². The van der Waals surface area contributed by atoms with Gasteiger partial charge in [0.2, 0.25) is 0 Å². The maximum Gasteiger partial charge on any atom is 0.0697 e. The third-order valence-electron chi connectivity index (χ3n) is 3.01. The van der Waals surface area contributed by atoms with E-state index in [9.17, 15) is 0 Å². The second-order valence-corrected chi connectivity index (χ2v) is 4.58. The number of hydrogen-bond donors (Lipinski definition) is 0. The van der Waals surface area contributed by atoms with Gasteiger partial charge in [-0.25, -0.2) is 0 Å². The lowest BCUT2D eigenvalue weighted by Gasteiger charge is -2.23. The summed E-state index contributed by atoms with van der Waals surface area (Å²) in [6.45, 7) is 6.66. The topological polar surface area (TPSA) is 21.1 Å². The molecule has 1 aromatic rings. The Morgan fingerprint density at radius 3 is 2.64 bits per heavy atom. The molecular weight excluding hydrogens is 174 g/mol. The van der Waals surface area contributed by atoms with Crippen molar-refractivity contribution in [2.75, 3.05) is 13.6 Å². The number of rotatable bonds is 1. The van der Waals surface area contributed by atoms with Gasteiger partial charge < -0.3 is 4.90 Å². The maximum atomic E-state index is 4.62. The van der Waals surface area contributed by atoms with Crippen molar-refractivity contribution in [1.82, 2.24) is 14.7 Å². The molecule has 78 valence electrons. The van der Waals surface area contributed by atoms with E-state index in [0.717, 1.165) is 19.5 Å². The smallest absolute Gasteiger partial charge is 0.0697 e. The van der Waals surface area contributed by atoms with Gasteiger partial charge in [0.1, 0.15) is 0 Å². The lowest BCUT2D eigenvalue weighted by Crippen LogP contribution is -2.27. The average molecular weight is 193 g/mol. The highest BCUT2D eigenvalue weighted by Crippen LogP contribution is 2.25. The number of fused-ring (bicyclic) bond motifs is 1. The Labute approximate surface area is 85.7 Å². The van der Waals surface area contributed by atoms with Crippen LogP contribution < -0.4 is 0 Å². The summed E-state index contributed by atoms with van der Waals surface area (Å²) in [5.74, 6) is 0.538. The van der Waals surface area contributed by atoms with Gasteiger partial charge in [-0.05, 0) is 13.0 Å². The number of likely N-dealkylation sites (N-methyl/N-ethyl adjacent to an activating group) is 1. The van der Waals surface area contributed by atoms with E-state index in [2.05, 4.69) is 42.6 Å². The molecule has 2 heterocycles. The molecule has 2 rings (SSSR count). The van der Waals surface area contributed by atoms with Gasteiger partial charge in [0, 0.05) is 37.8 Å². The zero-order valence-corrected chi connectivity index (χ0v) is 9.54. The summed E-state index contributed by atoms with van der Waals surface area (Å²) in [4.78, 5) is 2.37. The van der Waals surface area contributed by atoms with Crippen LogP contribution in [0.4, 0.5) is 0 Å². The fourth-order valence-corrected chi connectivity index (χ4v) is 2.22. The Morgan fingerprint density at radius 1 is 1.29 bits per heavy atom. The Hall–Kier alpha value is -0.830. The van der Waals surface area contributed by atoms with Crippen LogP contribution in [0.25, 0.3) is 0 Å². The summed E-state index contributed by atoms with van der Waals surface area (Å²) < 4.78 is 2.07. The quantitative estimate of drug-likeness (QED) is 0.674. The Morgan fingerprint density at radius 2 is 2.00 bits per heavy atom. The van der Waals surface area contributed by atoms with E-state index in [1.807, 2.05) is 0 Å². The molecule has 0 aromatic carbocycles. The standard InChI is InChI=1S/C11H19N3/c1-8(2)11-9-7-13(3)6-5-10(9)14(4)12-11/h8H,5-7H2,1-4H3. The molecule has 1 aliphatic heterocycles. The normalized spacial score (nSPS) is 17.5. The third-order valence-corrected chi connectivity index (χ3v) is 3.01. The number of aromatic nitrogens is 2. The molecule has 0 saturated heterocycles.